The summed E-state index contributed by atoms with van der Waals surface area (Å²) in [5.74, 6) is 0. The molecule has 0 atom stereocenters. The zero-order chi connectivity index (χ0) is 41.4. The van der Waals surface area contributed by atoms with Gasteiger partial charge in [-0.15, -0.1) is 0 Å². The predicted octanol–water partition coefficient (Wildman–Crippen LogP) is 16.0. The Morgan fingerprint density at radius 2 is 0.587 bits per heavy atom. The number of rotatable bonds is 6. The maximum atomic E-state index is 2.49. The minimum atomic E-state index is 1.11. The second kappa shape index (κ2) is 14.1. The van der Waals surface area contributed by atoms with E-state index in [1.165, 1.54) is 87.7 Å². The van der Waals surface area contributed by atoms with Crippen LogP contribution in [0.4, 0.5) is 0 Å². The summed E-state index contributed by atoms with van der Waals surface area (Å²) in [6, 6.07) is 86.6. The highest BCUT2D eigenvalue weighted by Crippen LogP contribution is 2.43. The van der Waals surface area contributed by atoms with Gasteiger partial charge in [0.2, 0.25) is 0 Å². The fraction of sp³-hybridized carbons (Fsp3) is 0. The number of aromatic nitrogens is 3. The molecule has 10 aromatic carbocycles. The summed E-state index contributed by atoms with van der Waals surface area (Å²) >= 11 is 0. The van der Waals surface area contributed by atoms with E-state index in [1.807, 2.05) is 0 Å². The molecule has 0 bridgehead atoms. The van der Waals surface area contributed by atoms with Crippen molar-refractivity contribution >= 4 is 65.4 Å². The van der Waals surface area contributed by atoms with Crippen LogP contribution in [0.2, 0.25) is 0 Å². The highest BCUT2D eigenvalue weighted by Gasteiger charge is 2.22. The highest BCUT2D eigenvalue weighted by atomic mass is 15.0. The normalized spacial score (nSPS) is 11.8. The molecule has 3 aromatic heterocycles. The summed E-state index contributed by atoms with van der Waals surface area (Å²) in [5, 5.41) is 7.42. The first-order chi connectivity index (χ1) is 31.3. The standard InChI is InChI=1S/C60H39N3/c1-3-17-40(18-4-1)42-31-34-58-50(37-42)47-23-9-12-26-53(47)61(58)44-33-36-60(63-56-29-15-10-24-48(56)51-38-43(32-35-59(51)63)41-19-5-2-6-20-41)52(39-44)49-25-11-16-30-57(49)62-54-27-13-7-21-45(54)46-22-8-14-28-55(46)62/h1-39H. The third-order valence-corrected chi connectivity index (χ3v) is 13.1. The van der Waals surface area contributed by atoms with E-state index in [2.05, 4.69) is 250 Å². The number of fused-ring (bicyclic) bond motifs is 9. The lowest BCUT2D eigenvalue weighted by atomic mass is 9.99. The van der Waals surface area contributed by atoms with Crippen molar-refractivity contribution in [1.29, 1.82) is 0 Å². The first-order valence-corrected chi connectivity index (χ1v) is 21.7. The van der Waals surface area contributed by atoms with Crippen molar-refractivity contribution in [3.05, 3.63) is 237 Å². The summed E-state index contributed by atoms with van der Waals surface area (Å²) < 4.78 is 7.40. The van der Waals surface area contributed by atoms with Gasteiger partial charge in [0, 0.05) is 49.1 Å². The Hall–Kier alpha value is -8.40. The predicted molar refractivity (Wildman–Crippen MR) is 266 cm³/mol. The largest absolute Gasteiger partial charge is 0.309 e. The Balaban J connectivity index is 1.12. The molecule has 13 rings (SSSR count). The van der Waals surface area contributed by atoms with Crippen molar-refractivity contribution in [2.45, 2.75) is 0 Å². The van der Waals surface area contributed by atoms with Gasteiger partial charge in [-0.25, -0.2) is 0 Å². The lowest BCUT2D eigenvalue weighted by molar-refractivity contribution is 1.14. The van der Waals surface area contributed by atoms with Crippen LogP contribution in [0.5, 0.6) is 0 Å². The molecule has 0 saturated heterocycles. The molecule has 0 fully saturated rings. The highest BCUT2D eigenvalue weighted by molar-refractivity contribution is 6.13. The minimum absolute atomic E-state index is 1.11. The van der Waals surface area contributed by atoms with Crippen LogP contribution in [0.1, 0.15) is 0 Å². The van der Waals surface area contributed by atoms with Crippen molar-refractivity contribution in [3.63, 3.8) is 0 Å². The minimum Gasteiger partial charge on any atom is -0.309 e. The van der Waals surface area contributed by atoms with Gasteiger partial charge < -0.3 is 13.7 Å². The van der Waals surface area contributed by atoms with Crippen LogP contribution in [0.15, 0.2) is 237 Å². The maximum absolute atomic E-state index is 2.49. The monoisotopic (exact) mass is 801 g/mol. The van der Waals surface area contributed by atoms with Crippen molar-refractivity contribution < 1.29 is 0 Å². The molecule has 3 heterocycles. The average Bonchev–Trinajstić information content (AvgIpc) is 4.00. The van der Waals surface area contributed by atoms with Gasteiger partial charge in [0.15, 0.2) is 0 Å². The zero-order valence-electron chi connectivity index (χ0n) is 34.4. The van der Waals surface area contributed by atoms with E-state index in [0.29, 0.717) is 0 Å². The van der Waals surface area contributed by atoms with Crippen LogP contribution in [-0.2, 0) is 0 Å². The lowest BCUT2D eigenvalue weighted by Crippen LogP contribution is -2.03. The van der Waals surface area contributed by atoms with Crippen LogP contribution in [0.3, 0.4) is 0 Å². The second-order valence-electron chi connectivity index (χ2n) is 16.5. The van der Waals surface area contributed by atoms with Gasteiger partial charge >= 0.3 is 0 Å². The Kier molecular flexibility index (Phi) is 7.91. The van der Waals surface area contributed by atoms with E-state index >= 15 is 0 Å². The first kappa shape index (κ1) is 35.4. The van der Waals surface area contributed by atoms with Crippen molar-refractivity contribution in [2.75, 3.05) is 0 Å². The molecule has 0 unspecified atom stereocenters. The number of hydrogen-bond acceptors (Lipinski definition) is 0. The molecule has 0 aliphatic carbocycles. The van der Waals surface area contributed by atoms with E-state index < -0.39 is 0 Å². The van der Waals surface area contributed by atoms with Gasteiger partial charge in [-0.1, -0.05) is 164 Å². The number of nitrogens with zero attached hydrogens (tertiary/aromatic N) is 3. The summed E-state index contributed by atoms with van der Waals surface area (Å²) in [7, 11) is 0. The molecule has 0 radical (unpaired) electrons. The third-order valence-electron chi connectivity index (χ3n) is 13.1. The zero-order valence-corrected chi connectivity index (χ0v) is 34.4. The maximum Gasteiger partial charge on any atom is 0.0542 e. The molecule has 3 heteroatoms. The van der Waals surface area contributed by atoms with Gasteiger partial charge in [0.05, 0.1) is 44.5 Å². The van der Waals surface area contributed by atoms with Crippen molar-refractivity contribution in [1.82, 2.24) is 13.7 Å². The molecule has 0 N–H and O–H groups in total. The van der Waals surface area contributed by atoms with Crippen molar-refractivity contribution in [2.24, 2.45) is 0 Å². The first-order valence-electron chi connectivity index (χ1n) is 21.7. The smallest absolute Gasteiger partial charge is 0.0542 e. The van der Waals surface area contributed by atoms with Crippen LogP contribution in [0.25, 0.3) is 116 Å². The number of benzene rings is 10. The molecule has 0 aliphatic heterocycles. The van der Waals surface area contributed by atoms with E-state index in [0.717, 1.165) is 28.2 Å². The Bertz CT molecular complexity index is 3850. The SMILES string of the molecule is c1ccc(-c2ccc3c(c2)c2ccccc2n3-c2ccc(-n3c4ccccc4c4cc(-c5ccccc5)ccc43)c(-c3ccccc3-n3c4ccccc4c4ccccc43)c2)cc1. The van der Waals surface area contributed by atoms with Gasteiger partial charge in [-0.2, -0.15) is 0 Å². The molecule has 0 spiro atoms. The van der Waals surface area contributed by atoms with Gasteiger partial charge in [-0.3, -0.25) is 0 Å². The van der Waals surface area contributed by atoms with Crippen molar-refractivity contribution in [3.8, 4) is 50.4 Å². The van der Waals surface area contributed by atoms with Crippen LogP contribution in [-0.4, -0.2) is 13.7 Å². The van der Waals surface area contributed by atoms with Crippen LogP contribution in [0, 0.1) is 0 Å². The quantitative estimate of drug-likeness (QED) is 0.159. The van der Waals surface area contributed by atoms with Gasteiger partial charge in [0.1, 0.15) is 0 Å². The summed E-state index contributed by atoms with van der Waals surface area (Å²) in [6.45, 7) is 0. The van der Waals surface area contributed by atoms with E-state index in [9.17, 15) is 0 Å². The van der Waals surface area contributed by atoms with Gasteiger partial charge in [-0.05, 0) is 95.1 Å². The topological polar surface area (TPSA) is 14.8 Å². The summed E-state index contributed by atoms with van der Waals surface area (Å²) in [4.78, 5) is 0. The Morgan fingerprint density at radius 3 is 1.11 bits per heavy atom. The lowest BCUT2D eigenvalue weighted by Gasteiger charge is -2.20. The molecule has 63 heavy (non-hydrogen) atoms. The molecule has 0 saturated carbocycles. The van der Waals surface area contributed by atoms with E-state index in [-0.39, 0.29) is 0 Å². The molecule has 0 aliphatic rings. The molecular weight excluding hydrogens is 763 g/mol. The molecule has 294 valence electrons. The van der Waals surface area contributed by atoms with E-state index in [1.54, 1.807) is 0 Å². The third kappa shape index (κ3) is 5.46. The molecule has 3 nitrogen and oxygen atoms in total. The number of hydrogen-bond donors (Lipinski definition) is 0. The average molecular weight is 802 g/mol. The van der Waals surface area contributed by atoms with Gasteiger partial charge in [0.25, 0.3) is 0 Å². The summed E-state index contributed by atoms with van der Waals surface area (Å²) in [5.41, 5.74) is 17.6. The Morgan fingerprint density at radius 1 is 0.206 bits per heavy atom. The molecular formula is C60H39N3. The fourth-order valence-corrected chi connectivity index (χ4v) is 10.3. The molecule has 0 amide bonds. The van der Waals surface area contributed by atoms with Crippen LogP contribution >= 0.6 is 0 Å². The summed E-state index contributed by atoms with van der Waals surface area (Å²) in [6.07, 6.45) is 0. The van der Waals surface area contributed by atoms with E-state index in [4.69, 9.17) is 0 Å². The van der Waals surface area contributed by atoms with Crippen LogP contribution < -0.4 is 0 Å². The number of para-hydroxylation sites is 5. The fourth-order valence-electron chi connectivity index (χ4n) is 10.3. The molecule has 13 aromatic rings. The second-order valence-corrected chi connectivity index (χ2v) is 16.5. The Labute approximate surface area is 364 Å².